The molecular weight excluding hydrogens is 238 g/mol. The van der Waals surface area contributed by atoms with E-state index in [1.165, 1.54) is 0 Å². The number of aromatic hydroxyl groups is 1. The number of phenolic OH excluding ortho intramolecular Hbond substituents is 1. The first-order valence-corrected chi connectivity index (χ1v) is 6.65. The molecule has 1 unspecified atom stereocenters. The van der Waals surface area contributed by atoms with Gasteiger partial charge in [-0.2, -0.15) is 0 Å². The van der Waals surface area contributed by atoms with Gasteiger partial charge in [-0.15, -0.1) is 0 Å². The molecule has 0 fully saturated rings. The van der Waals surface area contributed by atoms with Crippen LogP contribution in [0.2, 0.25) is 0 Å². The number of anilines is 2. The van der Waals surface area contributed by atoms with Crippen molar-refractivity contribution in [1.29, 1.82) is 0 Å². The number of rotatable bonds is 6. The Morgan fingerprint density at radius 1 is 1.41 bits per heavy atom. The lowest BCUT2D eigenvalue weighted by Gasteiger charge is -2.12. The van der Waals surface area contributed by atoms with Gasteiger partial charge >= 0.3 is 0 Å². The van der Waals surface area contributed by atoms with E-state index < -0.39 is 11.0 Å². The second kappa shape index (κ2) is 6.46. The second-order valence-corrected chi connectivity index (χ2v) is 5.24. The smallest absolute Gasteiger partial charge is 0.139 e. The van der Waals surface area contributed by atoms with E-state index in [4.69, 9.17) is 0 Å². The molecule has 0 radical (unpaired) electrons. The van der Waals surface area contributed by atoms with Crippen LogP contribution in [0.3, 0.4) is 0 Å². The maximum atomic E-state index is 11.7. The largest absolute Gasteiger partial charge is 0.506 e. The van der Waals surface area contributed by atoms with Gasteiger partial charge in [-0.1, -0.05) is 0 Å². The van der Waals surface area contributed by atoms with Crippen molar-refractivity contribution in [1.82, 2.24) is 4.90 Å². The van der Waals surface area contributed by atoms with Crippen LogP contribution in [0.1, 0.15) is 0 Å². The van der Waals surface area contributed by atoms with Crippen molar-refractivity contribution in [3.05, 3.63) is 18.2 Å². The van der Waals surface area contributed by atoms with Crippen LogP contribution >= 0.6 is 0 Å². The molecule has 5 nitrogen and oxygen atoms in total. The molecule has 0 aromatic heterocycles. The van der Waals surface area contributed by atoms with Gasteiger partial charge in [0.2, 0.25) is 0 Å². The average Bonchev–Trinajstić information content (AvgIpc) is 2.29. The van der Waals surface area contributed by atoms with Gasteiger partial charge < -0.3 is 20.0 Å². The molecule has 1 rings (SSSR count). The van der Waals surface area contributed by atoms with Gasteiger partial charge in [0.25, 0.3) is 0 Å². The lowest BCUT2D eigenvalue weighted by atomic mass is 10.2. The molecule has 0 aliphatic rings. The molecule has 0 aliphatic heterocycles. The number of hydrogen-bond donors (Lipinski definition) is 3. The van der Waals surface area contributed by atoms with Crippen LogP contribution < -0.4 is 10.0 Å². The van der Waals surface area contributed by atoms with Crippen LogP contribution in [-0.2, 0) is 11.0 Å². The van der Waals surface area contributed by atoms with Crippen LogP contribution in [-0.4, -0.2) is 47.7 Å². The molecule has 1 aromatic rings. The van der Waals surface area contributed by atoms with Gasteiger partial charge in [-0.05, 0) is 32.3 Å². The molecule has 0 aliphatic carbocycles. The quantitative estimate of drug-likeness (QED) is 0.527. The summed E-state index contributed by atoms with van der Waals surface area (Å²) in [5, 5.41) is 12.6. The Bertz CT molecular complexity index is 396. The van der Waals surface area contributed by atoms with Gasteiger partial charge in [-0.25, -0.2) is 4.21 Å². The van der Waals surface area contributed by atoms with E-state index in [-0.39, 0.29) is 5.75 Å². The standard InChI is InChI=1S/C11H19N3O2S/c1-12-9-4-5-11(15)10(8-9)13-17(16)7-6-14(2)3/h4-5,8,12-13,15H,6-7H2,1-3H3. The predicted octanol–water partition coefficient (Wildman–Crippen LogP) is 1.07. The Hall–Kier alpha value is -1.27. The molecule has 0 saturated heterocycles. The van der Waals surface area contributed by atoms with Crippen molar-refractivity contribution in [3.8, 4) is 5.75 Å². The lowest BCUT2D eigenvalue weighted by molar-refractivity contribution is 0.435. The molecule has 17 heavy (non-hydrogen) atoms. The zero-order chi connectivity index (χ0) is 12.8. The minimum atomic E-state index is -1.19. The van der Waals surface area contributed by atoms with Crippen LogP contribution in [0, 0.1) is 0 Å². The van der Waals surface area contributed by atoms with Crippen molar-refractivity contribution < 1.29 is 9.32 Å². The number of benzene rings is 1. The van der Waals surface area contributed by atoms with Gasteiger partial charge in [0.05, 0.1) is 11.4 Å². The van der Waals surface area contributed by atoms with Crippen molar-refractivity contribution >= 4 is 22.4 Å². The monoisotopic (exact) mass is 257 g/mol. The van der Waals surface area contributed by atoms with Crippen LogP contribution in [0.25, 0.3) is 0 Å². The minimum absolute atomic E-state index is 0.0993. The highest BCUT2D eigenvalue weighted by atomic mass is 32.2. The molecular formula is C11H19N3O2S. The van der Waals surface area contributed by atoms with E-state index in [1.807, 2.05) is 19.0 Å². The molecule has 0 spiro atoms. The summed E-state index contributed by atoms with van der Waals surface area (Å²) in [5.41, 5.74) is 1.34. The van der Waals surface area contributed by atoms with Crippen molar-refractivity contribution in [2.24, 2.45) is 0 Å². The number of nitrogens with zero attached hydrogens (tertiary/aromatic N) is 1. The summed E-state index contributed by atoms with van der Waals surface area (Å²) >= 11 is 0. The fraction of sp³-hybridized carbons (Fsp3) is 0.455. The molecule has 0 saturated carbocycles. The van der Waals surface area contributed by atoms with Crippen molar-refractivity contribution in [2.45, 2.75) is 0 Å². The predicted molar refractivity (Wildman–Crippen MR) is 72.8 cm³/mol. The van der Waals surface area contributed by atoms with Gasteiger partial charge in [0.1, 0.15) is 16.7 Å². The van der Waals surface area contributed by atoms with E-state index >= 15 is 0 Å². The first-order chi connectivity index (χ1) is 8.02. The first-order valence-electron chi connectivity index (χ1n) is 5.33. The maximum absolute atomic E-state index is 11.7. The Balaban J connectivity index is 2.64. The molecule has 96 valence electrons. The normalized spacial score (nSPS) is 12.5. The highest BCUT2D eigenvalue weighted by Crippen LogP contribution is 2.26. The summed E-state index contributed by atoms with van der Waals surface area (Å²) < 4.78 is 14.5. The topological polar surface area (TPSA) is 64.6 Å². The third-order valence-electron chi connectivity index (χ3n) is 2.23. The second-order valence-electron chi connectivity index (χ2n) is 3.94. The van der Waals surface area contributed by atoms with Gasteiger partial charge in [-0.3, -0.25) is 0 Å². The molecule has 0 bridgehead atoms. The maximum Gasteiger partial charge on any atom is 0.139 e. The van der Waals surface area contributed by atoms with E-state index in [0.29, 0.717) is 11.4 Å². The molecule has 0 amide bonds. The molecule has 6 heteroatoms. The number of hydrogen-bond acceptors (Lipinski definition) is 4. The van der Waals surface area contributed by atoms with E-state index in [0.717, 1.165) is 12.2 Å². The summed E-state index contributed by atoms with van der Waals surface area (Å²) in [4.78, 5) is 1.96. The summed E-state index contributed by atoms with van der Waals surface area (Å²) in [6, 6.07) is 5.05. The summed E-state index contributed by atoms with van der Waals surface area (Å²) in [5.74, 6) is 0.609. The first kappa shape index (κ1) is 13.8. The van der Waals surface area contributed by atoms with Crippen molar-refractivity contribution in [3.63, 3.8) is 0 Å². The van der Waals surface area contributed by atoms with E-state index in [1.54, 1.807) is 25.2 Å². The van der Waals surface area contributed by atoms with Gasteiger partial charge in [0, 0.05) is 19.3 Å². The summed E-state index contributed by atoms with van der Waals surface area (Å²) in [6.07, 6.45) is 0. The Morgan fingerprint density at radius 3 is 2.71 bits per heavy atom. The molecule has 3 N–H and O–H groups in total. The van der Waals surface area contributed by atoms with E-state index in [9.17, 15) is 9.32 Å². The van der Waals surface area contributed by atoms with Crippen LogP contribution in [0.4, 0.5) is 11.4 Å². The Kier molecular flexibility index (Phi) is 5.24. The lowest BCUT2D eigenvalue weighted by Crippen LogP contribution is -2.21. The number of nitrogens with one attached hydrogen (secondary N) is 2. The Labute approximate surface area is 104 Å². The third kappa shape index (κ3) is 4.62. The van der Waals surface area contributed by atoms with Crippen LogP contribution in [0.5, 0.6) is 5.75 Å². The van der Waals surface area contributed by atoms with E-state index in [2.05, 4.69) is 10.0 Å². The highest BCUT2D eigenvalue weighted by Gasteiger charge is 2.06. The molecule has 1 atom stereocenters. The summed E-state index contributed by atoms with van der Waals surface area (Å²) in [7, 11) is 4.45. The fourth-order valence-electron chi connectivity index (χ4n) is 1.21. The minimum Gasteiger partial charge on any atom is -0.506 e. The average molecular weight is 257 g/mol. The van der Waals surface area contributed by atoms with Gasteiger partial charge in [0.15, 0.2) is 0 Å². The number of phenols is 1. The Morgan fingerprint density at radius 2 is 2.12 bits per heavy atom. The highest BCUT2D eigenvalue weighted by molar-refractivity contribution is 7.86. The fourth-order valence-corrected chi connectivity index (χ4v) is 2.25. The third-order valence-corrected chi connectivity index (χ3v) is 3.23. The SMILES string of the molecule is CNc1ccc(O)c(NS(=O)CCN(C)C)c1. The van der Waals surface area contributed by atoms with Crippen molar-refractivity contribution in [2.75, 3.05) is 43.5 Å². The zero-order valence-electron chi connectivity index (χ0n) is 10.4. The molecule has 0 heterocycles. The van der Waals surface area contributed by atoms with Crippen LogP contribution in [0.15, 0.2) is 18.2 Å². The summed E-state index contributed by atoms with van der Waals surface area (Å²) in [6.45, 7) is 0.728. The zero-order valence-corrected chi connectivity index (χ0v) is 11.2. The molecule has 1 aromatic carbocycles.